The molecular formula is C22H25F3N4O4S3. The highest BCUT2D eigenvalue weighted by Crippen LogP contribution is 2.37. The van der Waals surface area contributed by atoms with Crippen LogP contribution in [0.15, 0.2) is 34.5 Å². The van der Waals surface area contributed by atoms with Gasteiger partial charge in [0.15, 0.2) is 5.13 Å². The van der Waals surface area contributed by atoms with E-state index in [9.17, 15) is 27.9 Å². The van der Waals surface area contributed by atoms with Crippen LogP contribution in [0.25, 0.3) is 10.6 Å². The van der Waals surface area contributed by atoms with Gasteiger partial charge in [0.05, 0.1) is 29.3 Å². The van der Waals surface area contributed by atoms with E-state index in [4.69, 9.17) is 0 Å². The van der Waals surface area contributed by atoms with Crippen LogP contribution in [0.2, 0.25) is 0 Å². The number of carbonyl (C=O) groups is 2. The number of amides is 1. The van der Waals surface area contributed by atoms with Gasteiger partial charge in [0.2, 0.25) is 5.91 Å². The second-order valence-electron chi connectivity index (χ2n) is 6.85. The third-order valence-corrected chi connectivity index (χ3v) is 6.72. The van der Waals surface area contributed by atoms with E-state index < -0.39 is 5.51 Å². The van der Waals surface area contributed by atoms with E-state index in [-0.39, 0.29) is 42.2 Å². The fraction of sp³-hybridized carbons (Fsp3) is 0.364. The van der Waals surface area contributed by atoms with E-state index in [1.54, 1.807) is 12.4 Å². The number of anilines is 1. The van der Waals surface area contributed by atoms with Gasteiger partial charge < -0.3 is 25.3 Å². The molecule has 36 heavy (non-hydrogen) atoms. The van der Waals surface area contributed by atoms with Crippen LogP contribution < -0.4 is 10.6 Å². The molecule has 1 amide bonds. The van der Waals surface area contributed by atoms with Crippen LogP contribution in [0.4, 0.5) is 18.3 Å². The largest absolute Gasteiger partial charge is 0.446 e. The SMILES string of the molecule is CCOCC=O.CNCc1nc(CO)sc1-c1csc(NC(=O)Cc2ccc(SC(F)(F)F)cc2)n1. The molecule has 196 valence electrons. The first-order valence-corrected chi connectivity index (χ1v) is 13.1. The highest BCUT2D eigenvalue weighted by atomic mass is 32.2. The van der Waals surface area contributed by atoms with Gasteiger partial charge in [-0.1, -0.05) is 12.1 Å². The molecule has 2 aromatic heterocycles. The minimum atomic E-state index is -4.34. The topological polar surface area (TPSA) is 113 Å². The zero-order valence-corrected chi connectivity index (χ0v) is 21.9. The third-order valence-electron chi connectivity index (χ3n) is 4.12. The summed E-state index contributed by atoms with van der Waals surface area (Å²) in [7, 11) is 1.79. The van der Waals surface area contributed by atoms with Crippen molar-refractivity contribution in [3.8, 4) is 10.6 Å². The van der Waals surface area contributed by atoms with Crippen molar-refractivity contribution in [2.45, 2.75) is 36.9 Å². The quantitative estimate of drug-likeness (QED) is 0.178. The molecule has 0 unspecified atom stereocenters. The van der Waals surface area contributed by atoms with Gasteiger partial charge in [0.1, 0.15) is 17.9 Å². The first kappa shape index (κ1) is 29.9. The first-order chi connectivity index (χ1) is 17.2. The molecule has 3 N–H and O–H groups in total. The number of aldehydes is 1. The number of thiazole rings is 2. The highest BCUT2D eigenvalue weighted by Gasteiger charge is 2.29. The summed E-state index contributed by atoms with van der Waals surface area (Å²) in [5.74, 6) is -0.317. The molecule has 0 spiro atoms. The van der Waals surface area contributed by atoms with Crippen molar-refractivity contribution in [2.24, 2.45) is 0 Å². The van der Waals surface area contributed by atoms with Crippen molar-refractivity contribution in [3.63, 3.8) is 0 Å². The van der Waals surface area contributed by atoms with E-state index >= 15 is 0 Å². The minimum absolute atomic E-state index is 0.0199. The van der Waals surface area contributed by atoms with Crippen molar-refractivity contribution >= 4 is 51.8 Å². The fourth-order valence-corrected chi connectivity index (χ4v) is 4.95. The van der Waals surface area contributed by atoms with Crippen LogP contribution in [0, 0.1) is 0 Å². The van der Waals surface area contributed by atoms with Crippen LogP contribution in [-0.2, 0) is 33.9 Å². The summed E-state index contributed by atoms with van der Waals surface area (Å²) < 4.78 is 41.8. The predicted octanol–water partition coefficient (Wildman–Crippen LogP) is 4.49. The molecule has 0 fully saturated rings. The Morgan fingerprint density at radius 3 is 2.53 bits per heavy atom. The second kappa shape index (κ2) is 15.0. The van der Waals surface area contributed by atoms with Crippen LogP contribution in [0.3, 0.4) is 0 Å². The highest BCUT2D eigenvalue weighted by molar-refractivity contribution is 8.00. The summed E-state index contributed by atoms with van der Waals surface area (Å²) in [6, 6.07) is 5.68. The lowest BCUT2D eigenvalue weighted by Gasteiger charge is -2.06. The van der Waals surface area contributed by atoms with Crippen LogP contribution in [-0.4, -0.2) is 53.0 Å². The lowest BCUT2D eigenvalue weighted by Crippen LogP contribution is -2.14. The Morgan fingerprint density at radius 1 is 1.25 bits per heavy atom. The molecule has 8 nitrogen and oxygen atoms in total. The number of thioether (sulfide) groups is 1. The maximum absolute atomic E-state index is 12.4. The normalized spacial score (nSPS) is 11.1. The molecule has 0 aliphatic rings. The molecule has 0 aliphatic carbocycles. The van der Waals surface area contributed by atoms with Gasteiger partial charge in [0, 0.05) is 23.4 Å². The molecule has 0 atom stereocenters. The Bertz CT molecular complexity index is 1100. The summed E-state index contributed by atoms with van der Waals surface area (Å²) in [5.41, 5.74) is -2.31. The molecule has 0 radical (unpaired) electrons. The number of hydrogen-bond acceptors (Lipinski definition) is 10. The number of benzene rings is 1. The van der Waals surface area contributed by atoms with Crippen molar-refractivity contribution in [1.29, 1.82) is 0 Å². The molecule has 0 saturated heterocycles. The number of rotatable bonds is 11. The molecule has 14 heteroatoms. The van der Waals surface area contributed by atoms with Gasteiger partial charge in [-0.05, 0) is 43.4 Å². The molecule has 0 bridgehead atoms. The maximum atomic E-state index is 12.4. The smallest absolute Gasteiger partial charge is 0.389 e. The number of aliphatic hydroxyl groups excluding tert-OH is 1. The summed E-state index contributed by atoms with van der Waals surface area (Å²) in [6.45, 7) is 3.07. The Kier molecular flexibility index (Phi) is 12.5. The number of alkyl halides is 3. The minimum Gasteiger partial charge on any atom is -0.389 e. The van der Waals surface area contributed by atoms with E-state index in [1.165, 1.54) is 46.9 Å². The Morgan fingerprint density at radius 2 is 1.97 bits per heavy atom. The fourth-order valence-electron chi connectivity index (χ4n) is 2.72. The number of ether oxygens (including phenoxy) is 1. The lowest BCUT2D eigenvalue weighted by molar-refractivity contribution is -0.115. The molecule has 3 aromatic rings. The Labute approximate surface area is 218 Å². The number of aliphatic hydroxyl groups is 1. The average Bonchev–Trinajstić information content (AvgIpc) is 3.45. The summed E-state index contributed by atoms with van der Waals surface area (Å²) in [4.78, 5) is 31.4. The number of hydrogen-bond donors (Lipinski definition) is 3. The Balaban J connectivity index is 0.000000678. The standard InChI is InChI=1S/C18H17F3N4O2S3.C4H8O2/c1-22-7-12-16(29-15(8-26)23-12)13-9-28-17(24-13)25-14(27)6-10-2-4-11(5-3-10)30-18(19,20)21;1-2-6-4-3-5/h2-5,9,22,26H,6-8H2,1H3,(H,24,25,27);3H,2,4H2,1H3. The van der Waals surface area contributed by atoms with Gasteiger partial charge in [0.25, 0.3) is 0 Å². The molecule has 2 heterocycles. The van der Waals surface area contributed by atoms with E-state index in [2.05, 4.69) is 25.3 Å². The Hall–Kier alpha value is -2.36. The van der Waals surface area contributed by atoms with E-state index in [1.807, 2.05) is 6.92 Å². The molecule has 0 aliphatic heterocycles. The van der Waals surface area contributed by atoms with Gasteiger partial charge in [-0.15, -0.1) is 22.7 Å². The first-order valence-electron chi connectivity index (χ1n) is 10.5. The second-order valence-corrected chi connectivity index (χ2v) is 9.93. The predicted molar refractivity (Wildman–Crippen MR) is 135 cm³/mol. The molecule has 3 rings (SSSR count). The number of nitrogens with zero attached hydrogens (tertiary/aromatic N) is 2. The molecular weight excluding hydrogens is 537 g/mol. The van der Waals surface area contributed by atoms with Crippen LogP contribution >= 0.6 is 34.4 Å². The average molecular weight is 563 g/mol. The lowest BCUT2D eigenvalue weighted by atomic mass is 10.1. The summed E-state index contributed by atoms with van der Waals surface area (Å²) in [5, 5.41) is 17.8. The molecule has 0 saturated carbocycles. The van der Waals surface area contributed by atoms with Crippen LogP contribution in [0.5, 0.6) is 0 Å². The zero-order chi connectivity index (χ0) is 26.6. The number of halogens is 3. The van der Waals surface area contributed by atoms with E-state index in [0.717, 1.165) is 16.9 Å². The van der Waals surface area contributed by atoms with Gasteiger partial charge in [-0.25, -0.2) is 9.97 Å². The van der Waals surface area contributed by atoms with Crippen molar-refractivity contribution < 1.29 is 32.6 Å². The molecule has 1 aromatic carbocycles. The van der Waals surface area contributed by atoms with E-state index in [0.29, 0.717) is 34.5 Å². The number of carbonyl (C=O) groups excluding carboxylic acids is 2. The van der Waals surface area contributed by atoms with Crippen LogP contribution in [0.1, 0.15) is 23.2 Å². The number of aromatic nitrogens is 2. The van der Waals surface area contributed by atoms with Gasteiger partial charge >= 0.3 is 5.51 Å². The van der Waals surface area contributed by atoms with Gasteiger partial charge in [-0.2, -0.15) is 13.2 Å². The summed E-state index contributed by atoms with van der Waals surface area (Å²) in [6.07, 6.45) is 0.760. The van der Waals surface area contributed by atoms with Crippen molar-refractivity contribution in [2.75, 3.05) is 25.6 Å². The van der Waals surface area contributed by atoms with Gasteiger partial charge in [-0.3, -0.25) is 4.79 Å². The third kappa shape index (κ3) is 10.3. The zero-order valence-electron chi connectivity index (χ0n) is 19.4. The van der Waals surface area contributed by atoms with Crippen molar-refractivity contribution in [3.05, 3.63) is 45.9 Å². The monoisotopic (exact) mass is 562 g/mol. The summed E-state index contributed by atoms with van der Waals surface area (Å²) >= 11 is 2.41. The van der Waals surface area contributed by atoms with Crippen molar-refractivity contribution in [1.82, 2.24) is 15.3 Å². The maximum Gasteiger partial charge on any atom is 0.446 e. The number of nitrogens with one attached hydrogen (secondary N) is 2.